The van der Waals surface area contributed by atoms with E-state index in [2.05, 4.69) is 0 Å². The molecule has 0 fully saturated rings. The Morgan fingerprint density at radius 3 is 2.50 bits per heavy atom. The Morgan fingerprint density at radius 2 is 1.75 bits per heavy atom. The first kappa shape index (κ1) is 16.1. The van der Waals surface area contributed by atoms with E-state index in [1.54, 1.807) is 0 Å². The molecule has 0 unspecified atom stereocenters. The van der Waals surface area contributed by atoms with Gasteiger partial charge in [-0.1, -0.05) is 48.5 Å². The zero-order valence-electron chi connectivity index (χ0n) is 13.8. The third-order valence-electron chi connectivity index (χ3n) is 4.40. The molecular formula is C21H20O3. The van der Waals surface area contributed by atoms with Crippen LogP contribution in [-0.2, 0) is 11.2 Å². The minimum atomic E-state index is -0.955. The maximum atomic E-state index is 11.6. The third kappa shape index (κ3) is 3.40. The Kier molecular flexibility index (Phi) is 4.52. The van der Waals surface area contributed by atoms with E-state index in [4.69, 9.17) is 4.74 Å². The number of hydrogen-bond donors (Lipinski definition) is 1. The molecule has 0 aliphatic rings. The summed E-state index contributed by atoms with van der Waals surface area (Å²) in [5.41, 5.74) is 3.27. The molecule has 0 saturated heterocycles. The summed E-state index contributed by atoms with van der Waals surface area (Å²) >= 11 is 0. The average molecular weight is 320 g/mol. The molecule has 3 heteroatoms. The molecule has 1 N–H and O–H groups in total. The maximum Gasteiger partial charge on any atom is 0.345 e. The standard InChI is InChI=1S/C21H20O3/c1-14-6-5-9-17(15(14)2)13-20(21(22)23)24-19-11-10-16-7-3-4-8-18(16)12-19/h3-12,20H,13H2,1-2H3,(H,22,23)/t20-/m0/s1. The number of carboxylic acid groups (broad SMARTS) is 1. The number of ether oxygens (including phenoxy) is 1. The molecule has 0 aromatic heterocycles. The minimum Gasteiger partial charge on any atom is -0.478 e. The largest absolute Gasteiger partial charge is 0.478 e. The van der Waals surface area contributed by atoms with E-state index < -0.39 is 12.1 Å². The lowest BCUT2D eigenvalue weighted by atomic mass is 9.98. The van der Waals surface area contributed by atoms with Gasteiger partial charge in [-0.2, -0.15) is 0 Å². The first-order chi connectivity index (χ1) is 11.5. The summed E-state index contributed by atoms with van der Waals surface area (Å²) in [5, 5.41) is 11.7. The second kappa shape index (κ2) is 6.75. The van der Waals surface area contributed by atoms with E-state index in [0.717, 1.165) is 27.5 Å². The van der Waals surface area contributed by atoms with Crippen molar-refractivity contribution in [3.05, 3.63) is 77.4 Å². The number of rotatable bonds is 5. The Labute approximate surface area is 141 Å². The van der Waals surface area contributed by atoms with Crippen LogP contribution in [0.5, 0.6) is 5.75 Å². The topological polar surface area (TPSA) is 46.5 Å². The summed E-state index contributed by atoms with van der Waals surface area (Å²) < 4.78 is 5.78. The SMILES string of the molecule is Cc1cccc(C[C@H](Oc2ccc3ccccc3c2)C(=O)O)c1C. The molecule has 0 aliphatic heterocycles. The molecule has 3 rings (SSSR count). The number of benzene rings is 3. The van der Waals surface area contributed by atoms with E-state index in [0.29, 0.717) is 12.2 Å². The highest BCUT2D eigenvalue weighted by Crippen LogP contribution is 2.23. The monoisotopic (exact) mass is 320 g/mol. The summed E-state index contributed by atoms with van der Waals surface area (Å²) in [4.78, 5) is 11.6. The normalized spacial score (nSPS) is 12.1. The molecule has 3 aromatic rings. The van der Waals surface area contributed by atoms with Crippen LogP contribution in [0, 0.1) is 13.8 Å². The Bertz CT molecular complexity index is 883. The van der Waals surface area contributed by atoms with Crippen molar-refractivity contribution in [1.29, 1.82) is 0 Å². The summed E-state index contributed by atoms with van der Waals surface area (Å²) in [6.07, 6.45) is -0.568. The molecule has 0 spiro atoms. The van der Waals surface area contributed by atoms with Crippen LogP contribution in [-0.4, -0.2) is 17.2 Å². The number of fused-ring (bicyclic) bond motifs is 1. The summed E-state index contributed by atoms with van der Waals surface area (Å²) in [6.45, 7) is 4.04. The summed E-state index contributed by atoms with van der Waals surface area (Å²) in [5.74, 6) is -0.379. The zero-order valence-corrected chi connectivity index (χ0v) is 13.8. The van der Waals surface area contributed by atoms with Crippen LogP contribution in [0.4, 0.5) is 0 Å². The van der Waals surface area contributed by atoms with Gasteiger partial charge in [-0.15, -0.1) is 0 Å². The molecule has 0 heterocycles. The van der Waals surface area contributed by atoms with Gasteiger partial charge in [-0.25, -0.2) is 4.79 Å². The fourth-order valence-electron chi connectivity index (χ4n) is 2.82. The highest BCUT2D eigenvalue weighted by atomic mass is 16.5. The fraction of sp³-hybridized carbons (Fsp3) is 0.190. The predicted molar refractivity (Wildman–Crippen MR) is 95.6 cm³/mol. The van der Waals surface area contributed by atoms with Gasteiger partial charge in [0.25, 0.3) is 0 Å². The number of carboxylic acids is 1. The second-order valence-electron chi connectivity index (χ2n) is 6.02. The van der Waals surface area contributed by atoms with E-state index >= 15 is 0 Å². The van der Waals surface area contributed by atoms with Gasteiger partial charge in [0.1, 0.15) is 5.75 Å². The van der Waals surface area contributed by atoms with Crippen molar-refractivity contribution in [3.63, 3.8) is 0 Å². The van der Waals surface area contributed by atoms with Crippen LogP contribution in [0.1, 0.15) is 16.7 Å². The van der Waals surface area contributed by atoms with Crippen molar-refractivity contribution in [2.75, 3.05) is 0 Å². The lowest BCUT2D eigenvalue weighted by molar-refractivity contribution is -0.145. The van der Waals surface area contributed by atoms with Crippen LogP contribution in [0.3, 0.4) is 0 Å². The van der Waals surface area contributed by atoms with Crippen LogP contribution >= 0.6 is 0 Å². The molecule has 0 saturated carbocycles. The van der Waals surface area contributed by atoms with Crippen LogP contribution in [0.15, 0.2) is 60.7 Å². The Balaban J connectivity index is 1.85. The molecule has 0 aliphatic carbocycles. The van der Waals surface area contributed by atoms with Crippen molar-refractivity contribution < 1.29 is 14.6 Å². The second-order valence-corrected chi connectivity index (χ2v) is 6.02. The van der Waals surface area contributed by atoms with Gasteiger partial charge >= 0.3 is 5.97 Å². The predicted octanol–water partition coefficient (Wildman–Crippen LogP) is 4.53. The number of hydrogen-bond acceptors (Lipinski definition) is 2. The van der Waals surface area contributed by atoms with Gasteiger partial charge in [0, 0.05) is 6.42 Å². The van der Waals surface area contributed by atoms with Gasteiger partial charge in [-0.3, -0.25) is 0 Å². The van der Waals surface area contributed by atoms with Crippen molar-refractivity contribution in [1.82, 2.24) is 0 Å². The van der Waals surface area contributed by atoms with E-state index in [9.17, 15) is 9.90 Å². The summed E-state index contributed by atoms with van der Waals surface area (Å²) in [6, 6.07) is 19.5. The number of carbonyl (C=O) groups is 1. The number of aryl methyl sites for hydroxylation is 1. The number of aliphatic carboxylic acids is 1. The van der Waals surface area contributed by atoms with Gasteiger partial charge in [0.15, 0.2) is 6.10 Å². The van der Waals surface area contributed by atoms with Crippen molar-refractivity contribution in [2.45, 2.75) is 26.4 Å². The molecule has 3 aromatic carbocycles. The van der Waals surface area contributed by atoms with Gasteiger partial charge in [-0.05, 0) is 53.4 Å². The molecule has 1 atom stereocenters. The molecule has 3 nitrogen and oxygen atoms in total. The highest BCUT2D eigenvalue weighted by molar-refractivity contribution is 5.84. The van der Waals surface area contributed by atoms with Gasteiger partial charge in [0.05, 0.1) is 0 Å². The third-order valence-corrected chi connectivity index (χ3v) is 4.40. The van der Waals surface area contributed by atoms with E-state index in [1.807, 2.05) is 74.5 Å². The minimum absolute atomic E-state index is 0.343. The first-order valence-electron chi connectivity index (χ1n) is 7.98. The molecule has 0 amide bonds. The first-order valence-corrected chi connectivity index (χ1v) is 7.98. The Hall–Kier alpha value is -2.81. The smallest absolute Gasteiger partial charge is 0.345 e. The van der Waals surface area contributed by atoms with Gasteiger partial charge in [0.2, 0.25) is 0 Å². The molecular weight excluding hydrogens is 300 g/mol. The van der Waals surface area contributed by atoms with Crippen LogP contribution in [0.25, 0.3) is 10.8 Å². The van der Waals surface area contributed by atoms with Crippen molar-refractivity contribution in [2.24, 2.45) is 0 Å². The molecule has 24 heavy (non-hydrogen) atoms. The van der Waals surface area contributed by atoms with Crippen LogP contribution in [0.2, 0.25) is 0 Å². The fourth-order valence-corrected chi connectivity index (χ4v) is 2.82. The van der Waals surface area contributed by atoms with Crippen molar-refractivity contribution >= 4 is 16.7 Å². The van der Waals surface area contributed by atoms with Crippen LogP contribution < -0.4 is 4.74 Å². The quantitative estimate of drug-likeness (QED) is 0.751. The zero-order chi connectivity index (χ0) is 17.1. The molecule has 0 radical (unpaired) electrons. The maximum absolute atomic E-state index is 11.6. The van der Waals surface area contributed by atoms with E-state index in [1.165, 1.54) is 0 Å². The molecule has 122 valence electrons. The summed E-state index contributed by atoms with van der Waals surface area (Å²) in [7, 11) is 0. The lowest BCUT2D eigenvalue weighted by Gasteiger charge is -2.17. The van der Waals surface area contributed by atoms with E-state index in [-0.39, 0.29) is 0 Å². The average Bonchev–Trinajstić information content (AvgIpc) is 2.58. The van der Waals surface area contributed by atoms with Crippen molar-refractivity contribution in [3.8, 4) is 5.75 Å². The Morgan fingerprint density at radius 1 is 1.00 bits per heavy atom. The van der Waals surface area contributed by atoms with Gasteiger partial charge < -0.3 is 9.84 Å². The lowest BCUT2D eigenvalue weighted by Crippen LogP contribution is -2.29. The highest BCUT2D eigenvalue weighted by Gasteiger charge is 2.21. The molecule has 0 bridgehead atoms.